The number of hydrogen-bond acceptors (Lipinski definition) is 6. The van der Waals surface area contributed by atoms with E-state index in [1.807, 2.05) is 0 Å². The first-order chi connectivity index (χ1) is 17.9. The van der Waals surface area contributed by atoms with Crippen molar-refractivity contribution >= 4 is 29.2 Å². The summed E-state index contributed by atoms with van der Waals surface area (Å²) in [6.07, 6.45) is -5.12. The monoisotopic (exact) mass is 549 g/mol. The number of halogens is 4. The fraction of sp³-hybridized carbons (Fsp3) is 0.259. The van der Waals surface area contributed by atoms with Gasteiger partial charge in [-0.2, -0.15) is 13.2 Å². The fourth-order valence-corrected chi connectivity index (χ4v) is 4.50. The van der Waals surface area contributed by atoms with Crippen LogP contribution in [-0.4, -0.2) is 43.9 Å². The molecule has 2 unspecified atom stereocenters. The number of hydrogen-bond donors (Lipinski definition) is 1. The molecule has 200 valence electrons. The van der Waals surface area contributed by atoms with Crippen molar-refractivity contribution in [2.45, 2.75) is 24.6 Å². The van der Waals surface area contributed by atoms with Crippen molar-refractivity contribution in [2.24, 2.45) is 0 Å². The molecule has 0 saturated carbocycles. The van der Waals surface area contributed by atoms with Crippen LogP contribution in [0.15, 0.2) is 60.7 Å². The highest BCUT2D eigenvalue weighted by Gasteiger charge is 2.59. The average Bonchev–Trinajstić information content (AvgIpc) is 2.90. The lowest BCUT2D eigenvalue weighted by Gasteiger charge is -2.38. The summed E-state index contributed by atoms with van der Waals surface area (Å²) in [4.78, 5) is 24.8. The molecule has 0 bridgehead atoms. The summed E-state index contributed by atoms with van der Waals surface area (Å²) in [6, 6.07) is 13.6. The highest BCUT2D eigenvalue weighted by Crippen LogP contribution is 2.51. The van der Waals surface area contributed by atoms with Gasteiger partial charge in [-0.3, -0.25) is 4.79 Å². The zero-order valence-electron chi connectivity index (χ0n) is 20.5. The molecule has 38 heavy (non-hydrogen) atoms. The predicted molar refractivity (Wildman–Crippen MR) is 133 cm³/mol. The molecule has 4 rings (SSSR count). The van der Waals surface area contributed by atoms with Gasteiger partial charge < -0.3 is 24.2 Å². The minimum absolute atomic E-state index is 0.0119. The van der Waals surface area contributed by atoms with Crippen LogP contribution in [0.2, 0.25) is 5.02 Å². The molecule has 1 aliphatic rings. The standard InChI is InChI=1S/C27H23ClF3NO6/c1-15(20-13-19(9-10-21(20)28)38-18-7-4-16(5-8-18)25(34)36-3)26(35,27(29,30)31)17-6-11-23-22(12-17)32(2)24(33)14-37-23/h4-13,15,35H,14H2,1-3H3. The van der Waals surface area contributed by atoms with Gasteiger partial charge in [-0.1, -0.05) is 24.6 Å². The number of likely N-dealkylation sites (N-methyl/N-ethyl adjacent to an activating group) is 1. The van der Waals surface area contributed by atoms with E-state index in [1.165, 1.54) is 74.5 Å². The van der Waals surface area contributed by atoms with Crippen LogP contribution in [0.5, 0.6) is 17.2 Å². The highest BCUT2D eigenvalue weighted by atomic mass is 35.5. The fourth-order valence-electron chi connectivity index (χ4n) is 4.22. The summed E-state index contributed by atoms with van der Waals surface area (Å²) >= 11 is 6.31. The summed E-state index contributed by atoms with van der Waals surface area (Å²) in [5, 5.41) is 11.3. The van der Waals surface area contributed by atoms with Crippen LogP contribution < -0.4 is 14.4 Å². The molecule has 0 aliphatic carbocycles. The van der Waals surface area contributed by atoms with Gasteiger partial charge in [0.15, 0.2) is 12.2 Å². The Morgan fingerprint density at radius 2 is 1.74 bits per heavy atom. The average molecular weight is 550 g/mol. The first-order valence-corrected chi connectivity index (χ1v) is 11.7. The summed E-state index contributed by atoms with van der Waals surface area (Å²) in [6.45, 7) is 0.963. The van der Waals surface area contributed by atoms with Gasteiger partial charge in [0.25, 0.3) is 5.91 Å². The second kappa shape index (κ2) is 10.2. The van der Waals surface area contributed by atoms with E-state index >= 15 is 0 Å². The van der Waals surface area contributed by atoms with Gasteiger partial charge >= 0.3 is 12.1 Å². The number of carbonyl (C=O) groups excluding carboxylic acids is 2. The van der Waals surface area contributed by atoms with E-state index in [9.17, 15) is 27.9 Å². The first-order valence-electron chi connectivity index (χ1n) is 11.4. The Morgan fingerprint density at radius 3 is 2.37 bits per heavy atom. The van der Waals surface area contributed by atoms with E-state index in [-0.39, 0.29) is 34.4 Å². The van der Waals surface area contributed by atoms with E-state index in [0.717, 1.165) is 12.1 Å². The predicted octanol–water partition coefficient (Wildman–Crippen LogP) is 5.83. The van der Waals surface area contributed by atoms with Gasteiger partial charge in [-0.05, 0) is 65.7 Å². The van der Waals surface area contributed by atoms with Crippen molar-refractivity contribution in [3.8, 4) is 17.2 Å². The lowest BCUT2D eigenvalue weighted by atomic mass is 9.77. The van der Waals surface area contributed by atoms with E-state index < -0.39 is 35.1 Å². The van der Waals surface area contributed by atoms with Gasteiger partial charge in [-0.15, -0.1) is 0 Å². The van der Waals surface area contributed by atoms with Crippen molar-refractivity contribution in [3.05, 3.63) is 82.4 Å². The number of benzene rings is 3. The van der Waals surface area contributed by atoms with Gasteiger partial charge in [0.2, 0.25) is 0 Å². The Bertz CT molecular complexity index is 1380. The van der Waals surface area contributed by atoms with Crippen molar-refractivity contribution < 1.29 is 42.1 Å². The van der Waals surface area contributed by atoms with Crippen molar-refractivity contribution in [2.75, 3.05) is 25.7 Å². The van der Waals surface area contributed by atoms with Crippen LogP contribution in [0.4, 0.5) is 18.9 Å². The number of rotatable bonds is 6. The Morgan fingerprint density at radius 1 is 1.08 bits per heavy atom. The summed E-state index contributed by atoms with van der Waals surface area (Å²) in [5.41, 5.74) is -3.49. The first kappa shape index (κ1) is 27.3. The molecule has 1 N–H and O–H groups in total. The minimum atomic E-state index is -5.12. The van der Waals surface area contributed by atoms with Gasteiger partial charge in [-0.25, -0.2) is 4.79 Å². The van der Waals surface area contributed by atoms with Crippen molar-refractivity contribution in [3.63, 3.8) is 0 Å². The number of carbonyl (C=O) groups is 2. The maximum absolute atomic E-state index is 14.6. The third-order valence-corrected chi connectivity index (χ3v) is 6.83. The van der Waals surface area contributed by atoms with Crippen LogP contribution in [0.3, 0.4) is 0 Å². The van der Waals surface area contributed by atoms with Gasteiger partial charge in [0.05, 0.1) is 18.4 Å². The quantitative estimate of drug-likeness (QED) is 0.390. The topological polar surface area (TPSA) is 85.3 Å². The molecule has 3 aromatic carbocycles. The highest BCUT2D eigenvalue weighted by molar-refractivity contribution is 6.31. The summed E-state index contributed by atoms with van der Waals surface area (Å²) < 4.78 is 59.4. The molecule has 7 nitrogen and oxygen atoms in total. The third-order valence-electron chi connectivity index (χ3n) is 6.49. The molecule has 2 atom stereocenters. The van der Waals surface area contributed by atoms with Gasteiger partial charge in [0, 0.05) is 18.0 Å². The molecule has 0 spiro atoms. The molecule has 0 aromatic heterocycles. The second-order valence-corrected chi connectivity index (χ2v) is 9.12. The van der Waals surface area contributed by atoms with Crippen LogP contribution in [0.25, 0.3) is 0 Å². The maximum atomic E-state index is 14.6. The zero-order chi connectivity index (χ0) is 27.8. The largest absolute Gasteiger partial charge is 0.482 e. The van der Waals surface area contributed by atoms with Gasteiger partial charge in [0.1, 0.15) is 17.2 Å². The zero-order valence-corrected chi connectivity index (χ0v) is 21.3. The Labute approximate surface area is 221 Å². The number of methoxy groups -OCH3 is 1. The molecule has 11 heteroatoms. The lowest BCUT2D eigenvalue weighted by molar-refractivity contribution is -0.274. The number of amides is 1. The van der Waals surface area contributed by atoms with E-state index in [0.29, 0.717) is 11.3 Å². The molecule has 1 amide bonds. The Hall–Kier alpha value is -3.76. The van der Waals surface area contributed by atoms with E-state index in [4.69, 9.17) is 21.1 Å². The number of esters is 1. The van der Waals surface area contributed by atoms with Crippen LogP contribution in [-0.2, 0) is 15.1 Å². The van der Waals surface area contributed by atoms with Crippen LogP contribution >= 0.6 is 11.6 Å². The van der Waals surface area contributed by atoms with Crippen LogP contribution in [0, 0.1) is 0 Å². The number of ether oxygens (including phenoxy) is 3. The number of anilines is 1. The second-order valence-electron chi connectivity index (χ2n) is 8.71. The third kappa shape index (κ3) is 4.89. The Kier molecular flexibility index (Phi) is 7.31. The molecular weight excluding hydrogens is 527 g/mol. The van der Waals surface area contributed by atoms with Crippen molar-refractivity contribution in [1.82, 2.24) is 0 Å². The number of fused-ring (bicyclic) bond motifs is 1. The normalized spacial score (nSPS) is 15.7. The number of aliphatic hydroxyl groups is 1. The SMILES string of the molecule is COC(=O)c1ccc(Oc2ccc(Cl)c(C(C)C(O)(c3ccc4c(c3)N(C)C(=O)CO4)C(F)(F)F)c2)cc1. The molecule has 1 aliphatic heterocycles. The van der Waals surface area contributed by atoms with Crippen molar-refractivity contribution in [1.29, 1.82) is 0 Å². The molecule has 1 heterocycles. The summed E-state index contributed by atoms with van der Waals surface area (Å²) in [5.74, 6) is -1.87. The van der Waals surface area contributed by atoms with Crippen LogP contribution in [0.1, 0.15) is 34.3 Å². The molecule has 0 radical (unpaired) electrons. The number of alkyl halides is 3. The lowest BCUT2D eigenvalue weighted by Crippen LogP contribution is -2.47. The van der Waals surface area contributed by atoms with E-state index in [2.05, 4.69) is 4.74 Å². The maximum Gasteiger partial charge on any atom is 0.422 e. The molecular formula is C27H23ClF3NO6. The smallest absolute Gasteiger partial charge is 0.422 e. The summed E-state index contributed by atoms with van der Waals surface area (Å²) in [7, 11) is 2.67. The number of nitrogens with zero attached hydrogens (tertiary/aromatic N) is 1. The minimum Gasteiger partial charge on any atom is -0.482 e. The molecule has 3 aromatic rings. The molecule has 0 saturated heterocycles. The molecule has 0 fully saturated rings. The Balaban J connectivity index is 1.71. The van der Waals surface area contributed by atoms with E-state index in [1.54, 1.807) is 0 Å².